The van der Waals surface area contributed by atoms with Gasteiger partial charge in [-0.25, -0.2) is 4.68 Å². The Bertz CT molecular complexity index is 2650. The van der Waals surface area contributed by atoms with Crippen molar-refractivity contribution >= 4 is 21.8 Å². The predicted molar refractivity (Wildman–Crippen MR) is 220 cm³/mol. The number of pyridine rings is 1. The number of benzene rings is 5. The van der Waals surface area contributed by atoms with Crippen LogP contribution < -0.4 is 0 Å². The molecule has 0 atom stereocenters. The second-order valence-electron chi connectivity index (χ2n) is 16.9. The number of aromatic nitrogens is 4. The highest BCUT2D eigenvalue weighted by Crippen LogP contribution is 2.57. The second kappa shape index (κ2) is 11.6. The van der Waals surface area contributed by atoms with Gasteiger partial charge < -0.3 is 4.57 Å². The Balaban J connectivity index is 1.40. The van der Waals surface area contributed by atoms with Crippen LogP contribution in [0.15, 0.2) is 134 Å². The molecule has 4 nitrogen and oxygen atoms in total. The van der Waals surface area contributed by atoms with Crippen molar-refractivity contribution < 1.29 is 0 Å². The average molecular weight is 691 g/mol. The van der Waals surface area contributed by atoms with Crippen LogP contribution in [0, 0.1) is 13.8 Å². The summed E-state index contributed by atoms with van der Waals surface area (Å²) in [6, 6.07) is 47.5. The number of nitrogens with zero attached hydrogens (tertiary/aromatic N) is 4. The van der Waals surface area contributed by atoms with E-state index in [1.807, 2.05) is 23.9 Å². The molecule has 0 fully saturated rings. The Hall–Kier alpha value is -5.74. The average Bonchev–Trinajstić information content (AvgIpc) is 3.77. The van der Waals surface area contributed by atoms with E-state index in [9.17, 15) is 0 Å². The Labute approximate surface area is 312 Å². The van der Waals surface area contributed by atoms with Gasteiger partial charge in [-0.15, -0.1) is 0 Å². The van der Waals surface area contributed by atoms with Crippen molar-refractivity contribution in [2.75, 3.05) is 0 Å². The first-order valence-electron chi connectivity index (χ1n) is 18.8. The van der Waals surface area contributed by atoms with Gasteiger partial charge in [0.15, 0.2) is 0 Å². The molecule has 0 radical (unpaired) electrons. The van der Waals surface area contributed by atoms with Gasteiger partial charge in [-0.3, -0.25) is 4.98 Å². The van der Waals surface area contributed by atoms with Gasteiger partial charge in [0, 0.05) is 28.4 Å². The Morgan fingerprint density at radius 1 is 0.547 bits per heavy atom. The Morgan fingerprint density at radius 2 is 1.19 bits per heavy atom. The third kappa shape index (κ3) is 5.03. The van der Waals surface area contributed by atoms with Gasteiger partial charge in [-0.1, -0.05) is 120 Å². The van der Waals surface area contributed by atoms with E-state index >= 15 is 0 Å². The predicted octanol–water partition coefficient (Wildman–Crippen LogP) is 11.9. The Morgan fingerprint density at radius 3 is 1.81 bits per heavy atom. The van der Waals surface area contributed by atoms with Crippen LogP contribution in [0.3, 0.4) is 0 Å². The number of aryl methyl sites for hydroxylation is 2. The lowest BCUT2D eigenvalue weighted by atomic mass is 9.68. The summed E-state index contributed by atoms with van der Waals surface area (Å²) in [4.78, 5) is 5.23. The summed E-state index contributed by atoms with van der Waals surface area (Å²) in [6.07, 6.45) is 1.95. The van der Waals surface area contributed by atoms with Crippen LogP contribution in [0.2, 0.25) is 0 Å². The molecule has 0 N–H and O–H groups in total. The summed E-state index contributed by atoms with van der Waals surface area (Å²) >= 11 is 0. The highest BCUT2D eigenvalue weighted by molar-refractivity contribution is 6.09. The fraction of sp³-hybridized carbons (Fsp3) is 0.224. The van der Waals surface area contributed by atoms with Crippen molar-refractivity contribution in [1.29, 1.82) is 0 Å². The van der Waals surface area contributed by atoms with Crippen molar-refractivity contribution in [2.24, 2.45) is 0 Å². The van der Waals surface area contributed by atoms with E-state index in [4.69, 9.17) is 10.1 Å². The van der Waals surface area contributed by atoms with Crippen LogP contribution in [0.4, 0.5) is 0 Å². The monoisotopic (exact) mass is 690 g/mol. The van der Waals surface area contributed by atoms with Crippen molar-refractivity contribution in [1.82, 2.24) is 19.3 Å². The maximum absolute atomic E-state index is 5.23. The molecule has 8 aromatic rings. The molecular weight excluding hydrogens is 645 g/mol. The van der Waals surface area contributed by atoms with Gasteiger partial charge in [0.05, 0.1) is 33.5 Å². The first-order valence-corrected chi connectivity index (χ1v) is 18.8. The first kappa shape index (κ1) is 33.1. The van der Waals surface area contributed by atoms with Gasteiger partial charge in [-0.2, -0.15) is 5.10 Å². The SMILES string of the molecule is Cc1cc(C)n(-c2cccc(-n3c4ccccc4c4ccc(C5(c6ccccn6)c6cc(C(C)(C)C)ccc6-c6ccc(C(C)(C)C)cc65)cc43)c2)n1. The molecule has 3 heterocycles. The molecule has 0 spiro atoms. The maximum Gasteiger partial charge on any atom is 0.0886 e. The van der Waals surface area contributed by atoms with E-state index in [1.165, 1.54) is 60.8 Å². The largest absolute Gasteiger partial charge is 0.309 e. The van der Waals surface area contributed by atoms with Gasteiger partial charge >= 0.3 is 0 Å². The molecule has 5 aromatic carbocycles. The summed E-state index contributed by atoms with van der Waals surface area (Å²) in [5, 5.41) is 7.28. The van der Waals surface area contributed by atoms with E-state index < -0.39 is 5.41 Å². The van der Waals surface area contributed by atoms with Crippen LogP contribution in [0.25, 0.3) is 44.3 Å². The van der Waals surface area contributed by atoms with Gasteiger partial charge in [-0.05, 0) is 112 Å². The van der Waals surface area contributed by atoms with Crippen molar-refractivity contribution in [3.63, 3.8) is 0 Å². The molecule has 0 saturated heterocycles. The molecule has 3 aromatic heterocycles. The molecule has 0 aliphatic heterocycles. The number of hydrogen-bond donors (Lipinski definition) is 0. The van der Waals surface area contributed by atoms with E-state index in [0.29, 0.717) is 0 Å². The lowest BCUT2D eigenvalue weighted by molar-refractivity contribution is 0.585. The first-order chi connectivity index (χ1) is 25.4. The molecular formula is C49H46N4. The van der Waals surface area contributed by atoms with Gasteiger partial charge in [0.25, 0.3) is 0 Å². The zero-order chi connectivity index (χ0) is 36.9. The molecule has 0 saturated carbocycles. The van der Waals surface area contributed by atoms with Gasteiger partial charge in [0.2, 0.25) is 0 Å². The minimum Gasteiger partial charge on any atom is -0.309 e. The maximum atomic E-state index is 5.23. The van der Waals surface area contributed by atoms with Crippen LogP contribution >= 0.6 is 0 Å². The molecule has 9 rings (SSSR count). The molecule has 4 heteroatoms. The number of para-hydroxylation sites is 1. The minimum absolute atomic E-state index is 0.0247. The molecule has 262 valence electrons. The standard InChI is InChI=1S/C49H46N4/c1-31-26-32(2)53(51-31)37-15-13-14-36(30-37)52-44-17-10-9-16-40(44)41-24-21-35(29-45(41)52)49(46-18-11-12-25-50-46)42-27-33(47(3,4)5)19-22-38(42)39-23-20-34(28-43(39)49)48(6,7)8/h9-30H,1-8H3. The van der Waals surface area contributed by atoms with Gasteiger partial charge in [0.1, 0.15) is 0 Å². The van der Waals surface area contributed by atoms with E-state index in [0.717, 1.165) is 28.5 Å². The smallest absolute Gasteiger partial charge is 0.0886 e. The minimum atomic E-state index is -0.643. The summed E-state index contributed by atoms with van der Waals surface area (Å²) in [5.41, 5.74) is 15.9. The highest BCUT2D eigenvalue weighted by Gasteiger charge is 2.48. The molecule has 1 aliphatic carbocycles. The number of rotatable bonds is 4. The fourth-order valence-corrected chi connectivity index (χ4v) is 8.71. The number of hydrogen-bond acceptors (Lipinski definition) is 2. The summed E-state index contributed by atoms with van der Waals surface area (Å²) in [5.74, 6) is 0. The zero-order valence-corrected chi connectivity index (χ0v) is 32.0. The normalized spacial score (nSPS) is 13.8. The molecule has 53 heavy (non-hydrogen) atoms. The summed E-state index contributed by atoms with van der Waals surface area (Å²) in [7, 11) is 0. The van der Waals surface area contributed by atoms with Crippen molar-refractivity contribution in [3.05, 3.63) is 178 Å². The molecule has 0 unspecified atom stereocenters. The van der Waals surface area contributed by atoms with Crippen molar-refractivity contribution in [3.8, 4) is 22.5 Å². The zero-order valence-electron chi connectivity index (χ0n) is 32.0. The lowest BCUT2D eigenvalue weighted by Crippen LogP contribution is -2.30. The second-order valence-corrected chi connectivity index (χ2v) is 16.9. The van der Waals surface area contributed by atoms with Crippen LogP contribution in [0.5, 0.6) is 0 Å². The summed E-state index contributed by atoms with van der Waals surface area (Å²) in [6.45, 7) is 18.0. The number of fused-ring (bicyclic) bond motifs is 6. The molecule has 1 aliphatic rings. The van der Waals surface area contributed by atoms with Crippen molar-refractivity contribution in [2.45, 2.75) is 71.6 Å². The third-order valence-corrected chi connectivity index (χ3v) is 11.4. The van der Waals surface area contributed by atoms with E-state index in [2.05, 4.69) is 174 Å². The topological polar surface area (TPSA) is 35.6 Å². The quantitative estimate of drug-likeness (QED) is 0.184. The van der Waals surface area contributed by atoms with Crippen LogP contribution in [-0.2, 0) is 16.2 Å². The van der Waals surface area contributed by atoms with Crippen LogP contribution in [0.1, 0.15) is 86.4 Å². The van der Waals surface area contributed by atoms with Crippen LogP contribution in [-0.4, -0.2) is 19.3 Å². The third-order valence-electron chi connectivity index (χ3n) is 11.4. The summed E-state index contributed by atoms with van der Waals surface area (Å²) < 4.78 is 4.48. The molecule has 0 amide bonds. The fourth-order valence-electron chi connectivity index (χ4n) is 8.71. The lowest BCUT2D eigenvalue weighted by Gasteiger charge is -2.34. The molecule has 0 bridgehead atoms. The highest BCUT2D eigenvalue weighted by atomic mass is 15.3. The van der Waals surface area contributed by atoms with E-state index in [1.54, 1.807) is 0 Å². The Kier molecular flexibility index (Phi) is 7.27. The van der Waals surface area contributed by atoms with E-state index in [-0.39, 0.29) is 10.8 Å².